The molecule has 1 aliphatic carbocycles. The van der Waals surface area contributed by atoms with Gasteiger partial charge in [0.25, 0.3) is 0 Å². The molecule has 0 saturated heterocycles. The summed E-state index contributed by atoms with van der Waals surface area (Å²) in [6.45, 7) is 2.21. The van der Waals surface area contributed by atoms with E-state index in [1.54, 1.807) is 6.07 Å². The van der Waals surface area contributed by atoms with Crippen molar-refractivity contribution in [3.05, 3.63) is 30.3 Å². The quantitative estimate of drug-likeness (QED) is 0.767. The Balaban J connectivity index is 2.16. The van der Waals surface area contributed by atoms with Crippen molar-refractivity contribution in [3.8, 4) is 5.75 Å². The van der Waals surface area contributed by atoms with E-state index in [-0.39, 0.29) is 5.97 Å². The third kappa shape index (κ3) is 2.84. The van der Waals surface area contributed by atoms with E-state index in [1.807, 2.05) is 25.1 Å². The van der Waals surface area contributed by atoms with Gasteiger partial charge in [-0.25, -0.2) is 4.79 Å². The van der Waals surface area contributed by atoms with Crippen molar-refractivity contribution in [1.29, 1.82) is 0 Å². The summed E-state index contributed by atoms with van der Waals surface area (Å²) in [7, 11) is 0. The van der Waals surface area contributed by atoms with Gasteiger partial charge in [0, 0.05) is 6.07 Å². The molecule has 1 radical (unpaired) electrons. The van der Waals surface area contributed by atoms with E-state index in [4.69, 9.17) is 9.47 Å². The minimum atomic E-state index is -0.799. The van der Waals surface area contributed by atoms with Gasteiger partial charge in [-0.15, -0.1) is 0 Å². The van der Waals surface area contributed by atoms with E-state index in [1.165, 1.54) is 0 Å². The van der Waals surface area contributed by atoms with Crippen molar-refractivity contribution < 1.29 is 14.3 Å². The topological polar surface area (TPSA) is 35.5 Å². The zero-order chi connectivity index (χ0) is 12.8. The zero-order valence-electron chi connectivity index (χ0n) is 10.8. The second-order valence-electron chi connectivity index (χ2n) is 4.60. The largest absolute Gasteiger partial charge is 0.475 e. The summed E-state index contributed by atoms with van der Waals surface area (Å²) in [6.07, 6.45) is 4.63. The molecule has 97 valence electrons. The van der Waals surface area contributed by atoms with Gasteiger partial charge in [0.05, 0.1) is 6.61 Å². The Hall–Kier alpha value is -1.51. The maximum Gasteiger partial charge on any atom is 0.350 e. The summed E-state index contributed by atoms with van der Waals surface area (Å²) in [6, 6.07) is 10.4. The molecule has 1 aromatic carbocycles. The lowest BCUT2D eigenvalue weighted by molar-refractivity contribution is -0.164. The van der Waals surface area contributed by atoms with Gasteiger partial charge in [0.2, 0.25) is 5.60 Å². The first-order valence-corrected chi connectivity index (χ1v) is 6.60. The van der Waals surface area contributed by atoms with Crippen LogP contribution in [0.1, 0.15) is 39.0 Å². The molecule has 0 spiro atoms. The average molecular weight is 247 g/mol. The second kappa shape index (κ2) is 5.89. The number of carbonyl (C=O) groups is 1. The molecule has 0 heterocycles. The van der Waals surface area contributed by atoms with Gasteiger partial charge in [-0.3, -0.25) is 0 Å². The molecule has 0 unspecified atom stereocenters. The van der Waals surface area contributed by atoms with Crippen LogP contribution in [-0.4, -0.2) is 18.2 Å². The predicted molar refractivity (Wildman–Crippen MR) is 68.4 cm³/mol. The van der Waals surface area contributed by atoms with Crippen LogP contribution in [0, 0.1) is 6.07 Å². The van der Waals surface area contributed by atoms with Crippen LogP contribution in [0.25, 0.3) is 0 Å². The van der Waals surface area contributed by atoms with Gasteiger partial charge in [0.1, 0.15) is 5.75 Å². The molecule has 3 heteroatoms. The van der Waals surface area contributed by atoms with Gasteiger partial charge >= 0.3 is 5.97 Å². The average Bonchev–Trinajstić information content (AvgIpc) is 2.41. The van der Waals surface area contributed by atoms with E-state index in [9.17, 15) is 4.79 Å². The highest BCUT2D eigenvalue weighted by Gasteiger charge is 2.43. The number of para-hydroxylation sites is 1. The summed E-state index contributed by atoms with van der Waals surface area (Å²) in [5.74, 6) is 0.384. The number of ether oxygens (including phenoxy) is 2. The number of hydrogen-bond donors (Lipinski definition) is 0. The molecule has 0 aliphatic heterocycles. The lowest BCUT2D eigenvalue weighted by Gasteiger charge is -2.35. The fraction of sp³-hybridized carbons (Fsp3) is 0.533. The molecular formula is C15H19O3. The monoisotopic (exact) mass is 247 g/mol. The highest BCUT2D eigenvalue weighted by atomic mass is 16.6. The fourth-order valence-corrected chi connectivity index (χ4v) is 2.38. The van der Waals surface area contributed by atoms with Crippen LogP contribution in [0.4, 0.5) is 0 Å². The van der Waals surface area contributed by atoms with Gasteiger partial charge in [0.15, 0.2) is 0 Å². The van der Waals surface area contributed by atoms with Gasteiger partial charge < -0.3 is 9.47 Å². The molecule has 3 nitrogen and oxygen atoms in total. The number of benzene rings is 1. The molecule has 0 N–H and O–H groups in total. The Morgan fingerprint density at radius 1 is 1.33 bits per heavy atom. The molecule has 0 atom stereocenters. The molecule has 1 aliphatic rings. The molecule has 0 bridgehead atoms. The molecule has 2 rings (SSSR count). The SMILES string of the molecule is CCOC(=O)C1(Oc2[c]cccc2)CCCCC1. The Kier molecular flexibility index (Phi) is 4.24. The second-order valence-corrected chi connectivity index (χ2v) is 4.60. The first-order valence-electron chi connectivity index (χ1n) is 6.60. The van der Waals surface area contributed by atoms with E-state index < -0.39 is 5.60 Å². The Morgan fingerprint density at radius 2 is 2.11 bits per heavy atom. The Morgan fingerprint density at radius 3 is 2.72 bits per heavy atom. The fourth-order valence-electron chi connectivity index (χ4n) is 2.38. The molecule has 1 aromatic rings. The highest BCUT2D eigenvalue weighted by Crippen LogP contribution is 2.34. The maximum atomic E-state index is 12.2. The summed E-state index contributed by atoms with van der Waals surface area (Å²) < 4.78 is 11.1. The third-order valence-electron chi connectivity index (χ3n) is 3.29. The third-order valence-corrected chi connectivity index (χ3v) is 3.29. The van der Waals surface area contributed by atoms with Crippen molar-refractivity contribution >= 4 is 5.97 Å². The molecule has 1 saturated carbocycles. The zero-order valence-corrected chi connectivity index (χ0v) is 10.8. The van der Waals surface area contributed by atoms with E-state index in [2.05, 4.69) is 6.07 Å². The van der Waals surface area contributed by atoms with E-state index in [0.717, 1.165) is 32.1 Å². The van der Waals surface area contributed by atoms with Crippen LogP contribution >= 0.6 is 0 Å². The molecule has 0 amide bonds. The lowest BCUT2D eigenvalue weighted by atomic mass is 9.84. The van der Waals surface area contributed by atoms with E-state index >= 15 is 0 Å². The number of carbonyl (C=O) groups excluding carboxylic acids is 1. The van der Waals surface area contributed by atoms with E-state index in [0.29, 0.717) is 12.4 Å². The van der Waals surface area contributed by atoms with Gasteiger partial charge in [-0.05, 0) is 38.7 Å². The first kappa shape index (κ1) is 12.9. The van der Waals surface area contributed by atoms with Crippen molar-refractivity contribution in [3.63, 3.8) is 0 Å². The molecule has 18 heavy (non-hydrogen) atoms. The van der Waals surface area contributed by atoms with Crippen LogP contribution in [0.15, 0.2) is 24.3 Å². The Bertz CT molecular complexity index is 380. The minimum Gasteiger partial charge on any atom is -0.475 e. The van der Waals surface area contributed by atoms with Crippen molar-refractivity contribution in [1.82, 2.24) is 0 Å². The normalized spacial score (nSPS) is 18.1. The number of hydrogen-bond acceptors (Lipinski definition) is 3. The standard InChI is InChI=1S/C15H19O3/c1-2-17-14(16)15(11-7-4-8-12-15)18-13-9-5-3-6-10-13/h3,5-6,9H,2,4,7-8,11-12H2,1H3. The number of esters is 1. The van der Waals surface area contributed by atoms with Crippen LogP contribution in [0.2, 0.25) is 0 Å². The summed E-state index contributed by atoms with van der Waals surface area (Å²) in [4.78, 5) is 12.2. The summed E-state index contributed by atoms with van der Waals surface area (Å²) in [5, 5.41) is 0. The van der Waals surface area contributed by atoms with Crippen LogP contribution < -0.4 is 4.74 Å². The van der Waals surface area contributed by atoms with Gasteiger partial charge in [-0.2, -0.15) is 0 Å². The van der Waals surface area contributed by atoms with Crippen LogP contribution in [0.3, 0.4) is 0 Å². The van der Waals surface area contributed by atoms with Crippen molar-refractivity contribution in [2.24, 2.45) is 0 Å². The lowest BCUT2D eigenvalue weighted by Crippen LogP contribution is -2.47. The van der Waals surface area contributed by atoms with Crippen molar-refractivity contribution in [2.45, 2.75) is 44.6 Å². The summed E-state index contributed by atoms with van der Waals surface area (Å²) in [5.41, 5.74) is -0.799. The highest BCUT2D eigenvalue weighted by molar-refractivity contribution is 5.80. The summed E-state index contributed by atoms with van der Waals surface area (Å²) >= 11 is 0. The predicted octanol–water partition coefficient (Wildman–Crippen LogP) is 3.13. The van der Waals surface area contributed by atoms with Gasteiger partial charge in [-0.1, -0.05) is 24.6 Å². The van der Waals surface area contributed by atoms with Crippen molar-refractivity contribution in [2.75, 3.05) is 6.61 Å². The smallest absolute Gasteiger partial charge is 0.350 e. The molecule has 1 fully saturated rings. The van der Waals surface area contributed by atoms with Crippen LogP contribution in [0.5, 0.6) is 5.75 Å². The molecule has 0 aromatic heterocycles. The van der Waals surface area contributed by atoms with Crippen LogP contribution in [-0.2, 0) is 9.53 Å². The Labute approximate surface area is 108 Å². The number of rotatable bonds is 4. The minimum absolute atomic E-state index is 0.234. The first-order chi connectivity index (χ1) is 8.77. The molecular weight excluding hydrogens is 228 g/mol. The maximum absolute atomic E-state index is 12.2.